The molecule has 2 aromatic carbocycles. The van der Waals surface area contributed by atoms with E-state index in [1.54, 1.807) is 6.92 Å². The van der Waals surface area contributed by atoms with Crippen molar-refractivity contribution in [1.82, 2.24) is 5.32 Å². The van der Waals surface area contributed by atoms with Crippen molar-refractivity contribution < 1.29 is 14.3 Å². The standard InChI is InChI=1S/C20H24N2O3/c1-4-19(23)21-13-20(24)22-18-11-10-17(12-14(18)2)25-15(3)16-8-6-5-7-9-16/h5-12,15H,4,13H2,1-3H3,(H,21,23)(H,22,24)/t15-/m0/s1. The molecule has 1 atom stereocenters. The second-order valence-corrected chi connectivity index (χ2v) is 5.83. The van der Waals surface area contributed by atoms with Gasteiger partial charge < -0.3 is 15.4 Å². The van der Waals surface area contributed by atoms with Crippen LogP contribution < -0.4 is 15.4 Å². The number of nitrogens with one attached hydrogen (secondary N) is 2. The molecule has 0 aliphatic rings. The molecular formula is C20H24N2O3. The van der Waals surface area contributed by atoms with Crippen LogP contribution in [0.1, 0.15) is 37.5 Å². The van der Waals surface area contributed by atoms with Crippen LogP contribution in [0.25, 0.3) is 0 Å². The predicted molar refractivity (Wildman–Crippen MR) is 98.6 cm³/mol. The summed E-state index contributed by atoms with van der Waals surface area (Å²) in [5, 5.41) is 5.34. The molecule has 0 aromatic heterocycles. The molecule has 2 amide bonds. The van der Waals surface area contributed by atoms with Crippen molar-refractivity contribution in [2.24, 2.45) is 0 Å². The highest BCUT2D eigenvalue weighted by Crippen LogP contribution is 2.26. The summed E-state index contributed by atoms with van der Waals surface area (Å²) in [4.78, 5) is 23.1. The highest BCUT2D eigenvalue weighted by molar-refractivity contribution is 5.95. The molecule has 0 aliphatic carbocycles. The summed E-state index contributed by atoms with van der Waals surface area (Å²) in [6.07, 6.45) is 0.295. The van der Waals surface area contributed by atoms with Gasteiger partial charge in [-0.25, -0.2) is 0 Å². The van der Waals surface area contributed by atoms with Crippen molar-refractivity contribution in [2.75, 3.05) is 11.9 Å². The van der Waals surface area contributed by atoms with Crippen LogP contribution in [0.3, 0.4) is 0 Å². The fraction of sp³-hybridized carbons (Fsp3) is 0.300. The summed E-state index contributed by atoms with van der Waals surface area (Å²) < 4.78 is 5.96. The van der Waals surface area contributed by atoms with Crippen LogP contribution in [0.5, 0.6) is 5.75 Å². The van der Waals surface area contributed by atoms with E-state index in [9.17, 15) is 9.59 Å². The Morgan fingerprint density at radius 3 is 2.44 bits per heavy atom. The Labute approximate surface area is 148 Å². The Morgan fingerprint density at radius 2 is 1.80 bits per heavy atom. The zero-order chi connectivity index (χ0) is 18.2. The Morgan fingerprint density at radius 1 is 1.08 bits per heavy atom. The zero-order valence-electron chi connectivity index (χ0n) is 14.8. The summed E-state index contributed by atoms with van der Waals surface area (Å²) in [5.74, 6) is 0.341. The lowest BCUT2D eigenvalue weighted by Gasteiger charge is -2.16. The molecule has 0 unspecified atom stereocenters. The first-order valence-corrected chi connectivity index (χ1v) is 8.38. The highest BCUT2D eigenvalue weighted by Gasteiger charge is 2.10. The highest BCUT2D eigenvalue weighted by atomic mass is 16.5. The lowest BCUT2D eigenvalue weighted by Crippen LogP contribution is -2.32. The number of benzene rings is 2. The minimum Gasteiger partial charge on any atom is -0.486 e. The monoisotopic (exact) mass is 340 g/mol. The number of amides is 2. The quantitative estimate of drug-likeness (QED) is 0.809. The molecule has 2 N–H and O–H groups in total. The number of hydrogen-bond acceptors (Lipinski definition) is 3. The Kier molecular flexibility index (Phi) is 6.57. The number of rotatable bonds is 7. The van der Waals surface area contributed by atoms with Crippen molar-refractivity contribution in [2.45, 2.75) is 33.3 Å². The van der Waals surface area contributed by atoms with Gasteiger partial charge in [-0.05, 0) is 43.2 Å². The fourth-order valence-corrected chi connectivity index (χ4v) is 2.34. The predicted octanol–water partition coefficient (Wildman–Crippen LogP) is 3.60. The molecule has 2 aromatic rings. The number of aryl methyl sites for hydroxylation is 1. The molecule has 0 heterocycles. The van der Waals surface area contributed by atoms with Crippen LogP contribution >= 0.6 is 0 Å². The van der Waals surface area contributed by atoms with E-state index in [1.807, 2.05) is 62.4 Å². The van der Waals surface area contributed by atoms with E-state index in [0.717, 1.165) is 16.9 Å². The van der Waals surface area contributed by atoms with E-state index in [1.165, 1.54) is 0 Å². The van der Waals surface area contributed by atoms with Crippen molar-refractivity contribution in [3.8, 4) is 5.75 Å². The number of ether oxygens (including phenoxy) is 1. The Balaban J connectivity index is 1.96. The van der Waals surface area contributed by atoms with E-state index < -0.39 is 0 Å². The molecule has 0 aliphatic heterocycles. The molecule has 5 nitrogen and oxygen atoms in total. The van der Waals surface area contributed by atoms with Crippen molar-refractivity contribution in [3.05, 3.63) is 59.7 Å². The molecule has 25 heavy (non-hydrogen) atoms. The van der Waals surface area contributed by atoms with Gasteiger partial charge in [-0.15, -0.1) is 0 Å². The van der Waals surface area contributed by atoms with E-state index >= 15 is 0 Å². The Hall–Kier alpha value is -2.82. The molecule has 0 fully saturated rings. The summed E-state index contributed by atoms with van der Waals surface area (Å²) >= 11 is 0. The molecule has 0 spiro atoms. The van der Waals surface area contributed by atoms with Crippen LogP contribution in [0.2, 0.25) is 0 Å². The van der Waals surface area contributed by atoms with E-state index in [2.05, 4.69) is 10.6 Å². The van der Waals surface area contributed by atoms with Crippen molar-refractivity contribution in [3.63, 3.8) is 0 Å². The normalized spacial score (nSPS) is 11.5. The average Bonchev–Trinajstić information content (AvgIpc) is 2.62. The first kappa shape index (κ1) is 18.5. The molecule has 0 radical (unpaired) electrons. The fourth-order valence-electron chi connectivity index (χ4n) is 2.34. The third-order valence-electron chi connectivity index (χ3n) is 3.82. The van der Waals surface area contributed by atoms with Gasteiger partial charge in [-0.2, -0.15) is 0 Å². The van der Waals surface area contributed by atoms with E-state index in [0.29, 0.717) is 12.1 Å². The maximum Gasteiger partial charge on any atom is 0.243 e. The summed E-state index contributed by atoms with van der Waals surface area (Å²) in [6, 6.07) is 15.5. The molecule has 5 heteroatoms. The number of carbonyl (C=O) groups excluding carboxylic acids is 2. The first-order valence-electron chi connectivity index (χ1n) is 8.38. The molecule has 0 bridgehead atoms. The van der Waals surface area contributed by atoms with Gasteiger partial charge in [-0.3, -0.25) is 9.59 Å². The smallest absolute Gasteiger partial charge is 0.243 e. The van der Waals surface area contributed by atoms with Gasteiger partial charge >= 0.3 is 0 Å². The maximum atomic E-state index is 11.9. The van der Waals surface area contributed by atoms with Gasteiger partial charge in [0.2, 0.25) is 11.8 Å². The van der Waals surface area contributed by atoms with Crippen LogP contribution in [0.15, 0.2) is 48.5 Å². The topological polar surface area (TPSA) is 67.4 Å². The molecule has 2 rings (SSSR count). The van der Waals surface area contributed by atoms with Gasteiger partial charge in [0.15, 0.2) is 0 Å². The number of carbonyl (C=O) groups is 2. The van der Waals surface area contributed by atoms with Crippen LogP contribution in [0, 0.1) is 6.92 Å². The summed E-state index contributed by atoms with van der Waals surface area (Å²) in [5.41, 5.74) is 2.70. The zero-order valence-corrected chi connectivity index (χ0v) is 14.8. The third kappa shape index (κ3) is 5.64. The molecule has 0 saturated heterocycles. The minimum absolute atomic E-state index is 0.0323. The number of anilines is 1. The van der Waals surface area contributed by atoms with Gasteiger partial charge in [0.25, 0.3) is 0 Å². The number of hydrogen-bond donors (Lipinski definition) is 2. The lowest BCUT2D eigenvalue weighted by molar-refractivity contribution is -0.123. The molecular weight excluding hydrogens is 316 g/mol. The lowest BCUT2D eigenvalue weighted by atomic mass is 10.1. The second-order valence-electron chi connectivity index (χ2n) is 5.83. The second kappa shape index (κ2) is 8.87. The first-order chi connectivity index (χ1) is 12.0. The van der Waals surface area contributed by atoms with Crippen molar-refractivity contribution in [1.29, 1.82) is 0 Å². The van der Waals surface area contributed by atoms with Crippen LogP contribution in [0.4, 0.5) is 5.69 Å². The maximum absolute atomic E-state index is 11.9. The van der Waals surface area contributed by atoms with E-state index in [4.69, 9.17) is 4.74 Å². The largest absolute Gasteiger partial charge is 0.486 e. The SMILES string of the molecule is CCC(=O)NCC(=O)Nc1ccc(O[C@@H](C)c2ccccc2)cc1C. The van der Waals surface area contributed by atoms with E-state index in [-0.39, 0.29) is 24.5 Å². The van der Waals surface area contributed by atoms with Crippen LogP contribution in [-0.2, 0) is 9.59 Å². The van der Waals surface area contributed by atoms with Crippen LogP contribution in [-0.4, -0.2) is 18.4 Å². The Bertz CT molecular complexity index is 729. The summed E-state index contributed by atoms with van der Waals surface area (Å²) in [7, 11) is 0. The minimum atomic E-state index is -0.253. The van der Waals surface area contributed by atoms with Gasteiger partial charge in [0.1, 0.15) is 11.9 Å². The third-order valence-corrected chi connectivity index (χ3v) is 3.82. The van der Waals surface area contributed by atoms with Crippen molar-refractivity contribution >= 4 is 17.5 Å². The molecule has 132 valence electrons. The average molecular weight is 340 g/mol. The molecule has 0 saturated carbocycles. The summed E-state index contributed by atoms with van der Waals surface area (Å²) in [6.45, 7) is 5.61. The van der Waals surface area contributed by atoms with Gasteiger partial charge in [-0.1, -0.05) is 37.3 Å². The van der Waals surface area contributed by atoms with Gasteiger partial charge in [0, 0.05) is 12.1 Å². The van der Waals surface area contributed by atoms with Gasteiger partial charge in [0.05, 0.1) is 6.54 Å².